The van der Waals surface area contributed by atoms with Gasteiger partial charge in [0.05, 0.1) is 12.2 Å². The lowest BCUT2D eigenvalue weighted by Crippen LogP contribution is -2.34. The first-order chi connectivity index (χ1) is 15.0. The number of aryl methyl sites for hydroxylation is 1. The van der Waals surface area contributed by atoms with Crippen LogP contribution < -0.4 is 14.8 Å². The molecule has 31 heavy (non-hydrogen) atoms. The van der Waals surface area contributed by atoms with Crippen LogP contribution in [0.5, 0.6) is 11.5 Å². The smallest absolute Gasteiger partial charge is 0.231 e. The van der Waals surface area contributed by atoms with Crippen molar-refractivity contribution in [2.75, 3.05) is 12.1 Å². The van der Waals surface area contributed by atoms with Crippen LogP contribution in [0.2, 0.25) is 0 Å². The quantitative estimate of drug-likeness (QED) is 0.508. The minimum Gasteiger partial charge on any atom is -0.454 e. The summed E-state index contributed by atoms with van der Waals surface area (Å²) < 4.78 is 11.0. The number of anilines is 1. The molecule has 0 fully saturated rings. The van der Waals surface area contributed by atoms with Crippen molar-refractivity contribution in [1.82, 2.24) is 9.88 Å². The van der Waals surface area contributed by atoms with Gasteiger partial charge in [-0.2, -0.15) is 0 Å². The highest BCUT2D eigenvalue weighted by atomic mass is 32.1. The van der Waals surface area contributed by atoms with Crippen molar-refractivity contribution in [3.8, 4) is 11.5 Å². The van der Waals surface area contributed by atoms with Gasteiger partial charge in [-0.05, 0) is 66.0 Å². The Balaban J connectivity index is 1.60. The molecule has 2 heterocycles. The number of pyridine rings is 1. The summed E-state index contributed by atoms with van der Waals surface area (Å²) >= 11 is 5.89. The highest BCUT2D eigenvalue weighted by Crippen LogP contribution is 2.33. The molecule has 1 N–H and O–H groups in total. The highest BCUT2D eigenvalue weighted by Gasteiger charge is 2.18. The third-order valence-corrected chi connectivity index (χ3v) is 5.70. The molecule has 4 rings (SSSR count). The lowest BCUT2D eigenvalue weighted by atomic mass is 9.98. The van der Waals surface area contributed by atoms with E-state index in [2.05, 4.69) is 60.2 Å². The van der Waals surface area contributed by atoms with E-state index in [1.807, 2.05) is 36.5 Å². The van der Waals surface area contributed by atoms with Gasteiger partial charge < -0.3 is 19.7 Å². The van der Waals surface area contributed by atoms with Gasteiger partial charge in [-0.1, -0.05) is 44.2 Å². The van der Waals surface area contributed by atoms with Crippen LogP contribution in [-0.4, -0.2) is 21.8 Å². The largest absolute Gasteiger partial charge is 0.454 e. The Bertz CT molecular complexity index is 1070. The summed E-state index contributed by atoms with van der Waals surface area (Å²) in [5.41, 5.74) is 5.57. The molecule has 2 aromatic carbocycles. The molecule has 0 saturated carbocycles. The van der Waals surface area contributed by atoms with Crippen molar-refractivity contribution in [3.63, 3.8) is 0 Å². The number of fused-ring (bicyclic) bond motifs is 1. The third kappa shape index (κ3) is 4.97. The topological polar surface area (TPSA) is 46.6 Å². The number of thiocarbonyl (C=S) groups is 1. The van der Waals surface area contributed by atoms with Crippen LogP contribution in [0.1, 0.15) is 42.1 Å². The van der Waals surface area contributed by atoms with E-state index in [0.29, 0.717) is 24.1 Å². The molecule has 6 heteroatoms. The third-order valence-electron chi connectivity index (χ3n) is 5.34. The molecule has 0 unspecified atom stereocenters. The fourth-order valence-corrected chi connectivity index (χ4v) is 3.91. The van der Waals surface area contributed by atoms with Crippen molar-refractivity contribution >= 4 is 23.0 Å². The van der Waals surface area contributed by atoms with Gasteiger partial charge in [0.15, 0.2) is 16.6 Å². The van der Waals surface area contributed by atoms with Gasteiger partial charge in [-0.15, -0.1) is 0 Å². The number of nitrogens with one attached hydrogen (secondary N) is 1. The maximum atomic E-state index is 5.89. The van der Waals surface area contributed by atoms with Crippen LogP contribution >= 0.6 is 12.2 Å². The second-order valence-corrected chi connectivity index (χ2v) is 8.38. The van der Waals surface area contributed by atoms with E-state index in [1.165, 1.54) is 11.1 Å². The van der Waals surface area contributed by atoms with Crippen LogP contribution in [0.4, 0.5) is 5.69 Å². The lowest BCUT2D eigenvalue weighted by Gasteiger charge is -2.27. The molecule has 0 atom stereocenters. The Labute approximate surface area is 189 Å². The van der Waals surface area contributed by atoms with Crippen LogP contribution in [0.25, 0.3) is 0 Å². The molecule has 1 aliphatic heterocycles. The first kappa shape index (κ1) is 21.1. The predicted octanol–water partition coefficient (Wildman–Crippen LogP) is 5.64. The molecule has 0 saturated heterocycles. The number of ether oxygens (including phenoxy) is 2. The van der Waals surface area contributed by atoms with E-state index in [0.717, 1.165) is 28.4 Å². The first-order valence-corrected chi connectivity index (χ1v) is 10.9. The van der Waals surface area contributed by atoms with Gasteiger partial charge in [0.1, 0.15) is 0 Å². The monoisotopic (exact) mass is 433 g/mol. The molecule has 1 aliphatic rings. The SMILES string of the molecule is Cc1cccc(C(C)C)c1NC(=S)N(Cc1ccc2c(c1)OCO2)Cc1ccccn1. The average molecular weight is 434 g/mol. The fourth-order valence-electron chi connectivity index (χ4n) is 3.67. The molecular formula is C25H27N3O2S. The van der Waals surface area contributed by atoms with E-state index in [4.69, 9.17) is 21.7 Å². The zero-order valence-corrected chi connectivity index (χ0v) is 18.9. The highest BCUT2D eigenvalue weighted by molar-refractivity contribution is 7.80. The second-order valence-electron chi connectivity index (χ2n) is 7.99. The molecule has 0 radical (unpaired) electrons. The summed E-state index contributed by atoms with van der Waals surface area (Å²) in [5, 5.41) is 4.19. The summed E-state index contributed by atoms with van der Waals surface area (Å²) in [7, 11) is 0. The standard InChI is InChI=1S/C25H27N3O2S/c1-17(2)21-9-6-7-18(3)24(21)27-25(31)28(15-20-8-4-5-12-26-20)14-19-10-11-22-23(13-19)30-16-29-22/h4-13,17H,14-16H2,1-3H3,(H,27,31). The summed E-state index contributed by atoms with van der Waals surface area (Å²) in [6.07, 6.45) is 1.81. The first-order valence-electron chi connectivity index (χ1n) is 10.4. The van der Waals surface area contributed by atoms with Crippen molar-refractivity contribution in [2.24, 2.45) is 0 Å². The normalized spacial score (nSPS) is 12.1. The summed E-state index contributed by atoms with van der Waals surface area (Å²) in [6.45, 7) is 7.99. The van der Waals surface area contributed by atoms with Crippen molar-refractivity contribution in [1.29, 1.82) is 0 Å². The van der Waals surface area contributed by atoms with Crippen LogP contribution in [0.3, 0.4) is 0 Å². The molecule has 3 aromatic rings. The maximum absolute atomic E-state index is 5.89. The van der Waals surface area contributed by atoms with E-state index < -0.39 is 0 Å². The van der Waals surface area contributed by atoms with E-state index in [1.54, 1.807) is 0 Å². The Morgan fingerprint density at radius 2 is 1.90 bits per heavy atom. The average Bonchev–Trinajstić information content (AvgIpc) is 3.23. The fraction of sp³-hybridized carbons (Fsp3) is 0.280. The number of rotatable bonds is 6. The second kappa shape index (κ2) is 9.35. The van der Waals surface area contributed by atoms with E-state index in [9.17, 15) is 0 Å². The summed E-state index contributed by atoms with van der Waals surface area (Å²) in [5.74, 6) is 1.95. The maximum Gasteiger partial charge on any atom is 0.231 e. The Hall–Kier alpha value is -3.12. The molecule has 0 amide bonds. The minimum absolute atomic E-state index is 0.266. The zero-order chi connectivity index (χ0) is 21.8. The zero-order valence-electron chi connectivity index (χ0n) is 18.1. The Morgan fingerprint density at radius 3 is 2.68 bits per heavy atom. The van der Waals surface area contributed by atoms with Gasteiger partial charge >= 0.3 is 0 Å². The molecule has 0 aliphatic carbocycles. The Kier molecular flexibility index (Phi) is 6.37. The molecule has 160 valence electrons. The lowest BCUT2D eigenvalue weighted by molar-refractivity contribution is 0.174. The van der Waals surface area contributed by atoms with Gasteiger partial charge in [0, 0.05) is 18.4 Å². The Morgan fingerprint density at radius 1 is 1.06 bits per heavy atom. The number of aromatic nitrogens is 1. The van der Waals surface area contributed by atoms with E-state index in [-0.39, 0.29) is 6.79 Å². The van der Waals surface area contributed by atoms with Gasteiger partial charge in [-0.25, -0.2) is 0 Å². The van der Waals surface area contributed by atoms with Crippen molar-refractivity contribution < 1.29 is 9.47 Å². The number of benzene rings is 2. The molecular weight excluding hydrogens is 406 g/mol. The van der Waals surface area contributed by atoms with Crippen molar-refractivity contribution in [3.05, 3.63) is 83.2 Å². The summed E-state index contributed by atoms with van der Waals surface area (Å²) in [6, 6.07) is 18.3. The number of nitrogens with zero attached hydrogens (tertiary/aromatic N) is 2. The number of hydrogen-bond acceptors (Lipinski definition) is 4. The van der Waals surface area contributed by atoms with Gasteiger partial charge in [-0.3, -0.25) is 4.98 Å². The van der Waals surface area contributed by atoms with Gasteiger partial charge in [0.2, 0.25) is 6.79 Å². The molecule has 0 bridgehead atoms. The predicted molar refractivity (Wildman–Crippen MR) is 128 cm³/mol. The summed E-state index contributed by atoms with van der Waals surface area (Å²) in [4.78, 5) is 6.63. The van der Waals surface area contributed by atoms with Crippen LogP contribution in [-0.2, 0) is 13.1 Å². The van der Waals surface area contributed by atoms with E-state index >= 15 is 0 Å². The molecule has 5 nitrogen and oxygen atoms in total. The van der Waals surface area contributed by atoms with Crippen LogP contribution in [0.15, 0.2) is 60.8 Å². The van der Waals surface area contributed by atoms with Gasteiger partial charge in [0.25, 0.3) is 0 Å². The molecule has 1 aromatic heterocycles. The van der Waals surface area contributed by atoms with Crippen LogP contribution in [0, 0.1) is 6.92 Å². The molecule has 0 spiro atoms. The number of hydrogen-bond donors (Lipinski definition) is 1. The number of para-hydroxylation sites is 1. The van der Waals surface area contributed by atoms with Crippen molar-refractivity contribution in [2.45, 2.75) is 39.8 Å². The minimum atomic E-state index is 0.266.